The fourth-order valence-corrected chi connectivity index (χ4v) is 1.75. The third-order valence-electron chi connectivity index (χ3n) is 2.68. The van der Waals surface area contributed by atoms with Crippen molar-refractivity contribution in [3.05, 3.63) is 30.0 Å². The lowest BCUT2D eigenvalue weighted by Gasteiger charge is -2.12. The van der Waals surface area contributed by atoms with E-state index in [0.717, 1.165) is 6.92 Å². The number of rotatable bonds is 4. The minimum absolute atomic E-state index is 0.131. The molecule has 20 heavy (non-hydrogen) atoms. The summed E-state index contributed by atoms with van der Waals surface area (Å²) >= 11 is 0. The minimum atomic E-state index is -4.48. The van der Waals surface area contributed by atoms with E-state index in [1.165, 1.54) is 13.2 Å². The molecule has 0 saturated heterocycles. The molecule has 0 saturated carbocycles. The molecule has 1 aromatic heterocycles. The standard InChI is InChI=1S/C12H13O7P/c1-7(20(14,15)16)18-12(13)11-5-8-3-4-9(17-2)6-10(8)19-11/h3-7H,1-2H3,(H2,14,15,16). The smallest absolute Gasteiger partial charge is 0.375 e. The lowest BCUT2D eigenvalue weighted by molar-refractivity contribution is 0.0395. The summed E-state index contributed by atoms with van der Waals surface area (Å²) in [5.41, 5.74) is 0.417. The van der Waals surface area contributed by atoms with Crippen LogP contribution in [0.5, 0.6) is 5.75 Å². The summed E-state index contributed by atoms with van der Waals surface area (Å²) < 4.78 is 25.9. The van der Waals surface area contributed by atoms with Gasteiger partial charge < -0.3 is 23.7 Å². The van der Waals surface area contributed by atoms with Crippen LogP contribution in [0, 0.1) is 0 Å². The Morgan fingerprint density at radius 1 is 1.35 bits per heavy atom. The lowest BCUT2D eigenvalue weighted by Crippen LogP contribution is -2.14. The molecule has 1 unspecified atom stereocenters. The Hall–Kier alpha value is -1.82. The summed E-state index contributed by atoms with van der Waals surface area (Å²) in [6, 6.07) is 6.42. The van der Waals surface area contributed by atoms with Gasteiger partial charge in [0.2, 0.25) is 5.76 Å². The van der Waals surface area contributed by atoms with Crippen LogP contribution >= 0.6 is 7.60 Å². The Labute approximate surface area is 114 Å². The number of esters is 1. The summed E-state index contributed by atoms with van der Waals surface area (Å²) in [6.07, 6.45) is 0. The summed E-state index contributed by atoms with van der Waals surface area (Å²) in [4.78, 5) is 29.5. The summed E-state index contributed by atoms with van der Waals surface area (Å²) in [5.74, 6) is -2.03. The Morgan fingerprint density at radius 2 is 2.05 bits per heavy atom. The molecule has 0 aliphatic heterocycles. The highest BCUT2D eigenvalue weighted by Gasteiger charge is 2.29. The Morgan fingerprint density at radius 3 is 2.65 bits per heavy atom. The average molecular weight is 300 g/mol. The molecular formula is C12H13O7P. The normalized spacial score (nSPS) is 13.2. The second-order valence-electron chi connectivity index (χ2n) is 4.11. The Bertz CT molecular complexity index is 684. The third kappa shape index (κ3) is 3.01. The molecule has 1 aromatic carbocycles. The minimum Gasteiger partial charge on any atom is -0.497 e. The summed E-state index contributed by atoms with van der Waals surface area (Å²) in [5, 5.41) is 0.654. The first-order valence-corrected chi connectivity index (χ1v) is 7.33. The van der Waals surface area contributed by atoms with Crippen molar-refractivity contribution in [3.63, 3.8) is 0 Å². The molecule has 1 heterocycles. The number of hydrogen-bond acceptors (Lipinski definition) is 5. The zero-order valence-corrected chi connectivity index (χ0v) is 11.7. The van der Waals surface area contributed by atoms with Gasteiger partial charge >= 0.3 is 13.6 Å². The van der Waals surface area contributed by atoms with Gasteiger partial charge in [-0.1, -0.05) is 0 Å². The highest BCUT2D eigenvalue weighted by molar-refractivity contribution is 7.52. The van der Waals surface area contributed by atoms with E-state index < -0.39 is 19.4 Å². The predicted octanol–water partition coefficient (Wildman–Crippen LogP) is 2.12. The van der Waals surface area contributed by atoms with Crippen molar-refractivity contribution >= 4 is 24.5 Å². The number of hydrogen-bond donors (Lipinski definition) is 2. The SMILES string of the molecule is COc1ccc2cc(C(=O)OC(C)P(=O)(O)O)oc2c1. The number of carbonyl (C=O) groups is 1. The van der Waals surface area contributed by atoms with E-state index in [2.05, 4.69) is 4.74 Å². The summed E-state index contributed by atoms with van der Waals surface area (Å²) in [6.45, 7) is 1.12. The first-order valence-electron chi connectivity index (χ1n) is 5.65. The lowest BCUT2D eigenvalue weighted by atomic mass is 10.2. The van der Waals surface area contributed by atoms with Crippen molar-refractivity contribution in [2.24, 2.45) is 0 Å². The Kier molecular flexibility index (Phi) is 3.85. The van der Waals surface area contributed by atoms with Gasteiger partial charge in [0.25, 0.3) is 0 Å². The molecule has 7 nitrogen and oxygen atoms in total. The molecule has 0 radical (unpaired) electrons. The van der Waals surface area contributed by atoms with E-state index in [0.29, 0.717) is 16.7 Å². The molecule has 8 heteroatoms. The molecular weight excluding hydrogens is 287 g/mol. The predicted molar refractivity (Wildman–Crippen MR) is 69.7 cm³/mol. The van der Waals surface area contributed by atoms with Crippen molar-refractivity contribution in [2.45, 2.75) is 12.8 Å². The topological polar surface area (TPSA) is 106 Å². The van der Waals surface area contributed by atoms with E-state index >= 15 is 0 Å². The molecule has 0 bridgehead atoms. The van der Waals surface area contributed by atoms with Gasteiger partial charge in [-0.3, -0.25) is 4.57 Å². The van der Waals surface area contributed by atoms with Gasteiger partial charge in [0.1, 0.15) is 11.3 Å². The Balaban J connectivity index is 2.25. The molecule has 0 spiro atoms. The molecule has 108 valence electrons. The van der Waals surface area contributed by atoms with Crippen LogP contribution in [0.4, 0.5) is 0 Å². The molecule has 2 N–H and O–H groups in total. The third-order valence-corrected chi connectivity index (χ3v) is 3.73. The van der Waals surface area contributed by atoms with E-state index in [1.807, 2.05) is 0 Å². The van der Waals surface area contributed by atoms with Crippen LogP contribution in [-0.4, -0.2) is 28.7 Å². The zero-order chi connectivity index (χ0) is 14.9. The first-order chi connectivity index (χ1) is 9.31. The summed E-state index contributed by atoms with van der Waals surface area (Å²) in [7, 11) is -2.98. The fraction of sp³-hybridized carbons (Fsp3) is 0.250. The van der Waals surface area contributed by atoms with Crippen LogP contribution in [0.1, 0.15) is 17.5 Å². The highest BCUT2D eigenvalue weighted by atomic mass is 31.2. The van der Waals surface area contributed by atoms with Gasteiger partial charge in [0, 0.05) is 11.5 Å². The van der Waals surface area contributed by atoms with Gasteiger partial charge in [0.15, 0.2) is 5.85 Å². The maximum atomic E-state index is 11.7. The van der Waals surface area contributed by atoms with Crippen molar-refractivity contribution in [2.75, 3.05) is 7.11 Å². The largest absolute Gasteiger partial charge is 0.497 e. The van der Waals surface area contributed by atoms with Crippen molar-refractivity contribution < 1.29 is 33.0 Å². The maximum Gasteiger partial charge on any atom is 0.375 e. The monoisotopic (exact) mass is 300 g/mol. The van der Waals surface area contributed by atoms with Gasteiger partial charge in [-0.15, -0.1) is 0 Å². The first kappa shape index (κ1) is 14.6. The van der Waals surface area contributed by atoms with E-state index in [1.54, 1.807) is 18.2 Å². The molecule has 1 atom stereocenters. The molecule has 0 fully saturated rings. The quantitative estimate of drug-likeness (QED) is 0.658. The van der Waals surface area contributed by atoms with Crippen LogP contribution in [0.25, 0.3) is 11.0 Å². The van der Waals surface area contributed by atoms with Crippen molar-refractivity contribution in [3.8, 4) is 5.75 Å². The van der Waals surface area contributed by atoms with E-state index in [-0.39, 0.29) is 5.76 Å². The van der Waals surface area contributed by atoms with Crippen LogP contribution in [-0.2, 0) is 9.30 Å². The molecule has 0 aliphatic rings. The number of furan rings is 1. The van der Waals surface area contributed by atoms with Crippen molar-refractivity contribution in [1.82, 2.24) is 0 Å². The second kappa shape index (κ2) is 5.28. The van der Waals surface area contributed by atoms with E-state index in [9.17, 15) is 9.36 Å². The second-order valence-corrected chi connectivity index (χ2v) is 6.01. The van der Waals surface area contributed by atoms with Gasteiger partial charge in [-0.2, -0.15) is 0 Å². The maximum absolute atomic E-state index is 11.7. The molecule has 0 amide bonds. The average Bonchev–Trinajstić information content (AvgIpc) is 2.80. The highest BCUT2D eigenvalue weighted by Crippen LogP contribution is 2.41. The van der Waals surface area contributed by atoms with Gasteiger partial charge in [0.05, 0.1) is 7.11 Å². The number of benzene rings is 1. The van der Waals surface area contributed by atoms with Crippen LogP contribution in [0.3, 0.4) is 0 Å². The number of ether oxygens (including phenoxy) is 2. The number of carbonyl (C=O) groups excluding carboxylic acids is 1. The van der Waals surface area contributed by atoms with Crippen LogP contribution in [0.15, 0.2) is 28.7 Å². The zero-order valence-electron chi connectivity index (χ0n) is 10.8. The number of methoxy groups -OCH3 is 1. The molecule has 2 aromatic rings. The van der Waals surface area contributed by atoms with Gasteiger partial charge in [-0.05, 0) is 25.1 Å². The van der Waals surface area contributed by atoms with E-state index in [4.69, 9.17) is 18.9 Å². The number of fused-ring (bicyclic) bond motifs is 1. The van der Waals surface area contributed by atoms with Crippen LogP contribution < -0.4 is 4.74 Å². The van der Waals surface area contributed by atoms with Crippen molar-refractivity contribution in [1.29, 1.82) is 0 Å². The molecule has 0 aliphatic carbocycles. The fourth-order valence-electron chi connectivity index (χ4n) is 1.52. The van der Waals surface area contributed by atoms with Gasteiger partial charge in [-0.25, -0.2) is 4.79 Å². The molecule has 2 rings (SSSR count). The van der Waals surface area contributed by atoms with Crippen LogP contribution in [0.2, 0.25) is 0 Å².